The first-order chi connectivity index (χ1) is 17.0. The van der Waals surface area contributed by atoms with Crippen LogP contribution in [0.25, 0.3) is 11.1 Å². The highest BCUT2D eigenvalue weighted by atomic mass is 32.1. The van der Waals surface area contributed by atoms with E-state index < -0.39 is 30.1 Å². The van der Waals surface area contributed by atoms with Crippen molar-refractivity contribution in [3.05, 3.63) is 94.7 Å². The molecule has 7 nitrogen and oxygen atoms in total. The summed E-state index contributed by atoms with van der Waals surface area (Å²) in [5.74, 6) is -1.87. The van der Waals surface area contributed by atoms with Gasteiger partial charge in [0.25, 0.3) is 0 Å². The van der Waals surface area contributed by atoms with Crippen molar-refractivity contribution >= 4 is 29.3 Å². The third-order valence-corrected chi connectivity index (χ3v) is 6.91. The summed E-state index contributed by atoms with van der Waals surface area (Å²) in [5, 5.41) is 16.4. The molecule has 8 heteroatoms. The molecule has 2 unspecified atom stereocenters. The van der Waals surface area contributed by atoms with E-state index in [0.29, 0.717) is 11.3 Å². The fraction of sp³-hybridized carbons (Fsp3) is 0.222. The lowest BCUT2D eigenvalue weighted by Crippen LogP contribution is -2.47. The van der Waals surface area contributed by atoms with Gasteiger partial charge in [-0.1, -0.05) is 60.7 Å². The maximum absolute atomic E-state index is 13.0. The minimum Gasteiger partial charge on any atom is -0.480 e. The number of amides is 2. The Balaban J connectivity index is 1.45. The molecular formula is C27H26N2O5S. The molecule has 0 radical (unpaired) electrons. The van der Waals surface area contributed by atoms with Gasteiger partial charge in [0, 0.05) is 10.8 Å². The third kappa shape index (κ3) is 5.44. The average Bonchev–Trinajstić information content (AvgIpc) is 3.50. The van der Waals surface area contributed by atoms with Crippen molar-refractivity contribution < 1.29 is 24.2 Å². The molecule has 0 saturated heterocycles. The van der Waals surface area contributed by atoms with Crippen molar-refractivity contribution in [1.29, 1.82) is 0 Å². The molecule has 1 aliphatic rings. The molecule has 0 saturated carbocycles. The van der Waals surface area contributed by atoms with Gasteiger partial charge in [0.2, 0.25) is 5.91 Å². The summed E-state index contributed by atoms with van der Waals surface area (Å²) < 4.78 is 5.58. The molecule has 3 aromatic rings. The highest BCUT2D eigenvalue weighted by Gasteiger charge is 2.31. The van der Waals surface area contributed by atoms with Crippen molar-refractivity contribution in [2.75, 3.05) is 6.61 Å². The van der Waals surface area contributed by atoms with E-state index in [0.717, 1.165) is 22.3 Å². The molecule has 0 bridgehead atoms. The van der Waals surface area contributed by atoms with E-state index in [2.05, 4.69) is 29.3 Å². The first-order valence-corrected chi connectivity index (χ1v) is 12.2. The number of alkyl carbamates (subject to hydrolysis) is 1. The monoisotopic (exact) mass is 490 g/mol. The molecule has 2 aromatic carbocycles. The van der Waals surface area contributed by atoms with Gasteiger partial charge in [-0.15, -0.1) is 17.9 Å². The molecule has 2 atom stereocenters. The van der Waals surface area contributed by atoms with Crippen LogP contribution >= 0.6 is 11.3 Å². The molecule has 35 heavy (non-hydrogen) atoms. The molecule has 0 spiro atoms. The highest BCUT2D eigenvalue weighted by molar-refractivity contribution is 7.10. The molecule has 1 heterocycles. The molecule has 1 aromatic heterocycles. The van der Waals surface area contributed by atoms with Gasteiger partial charge in [-0.25, -0.2) is 9.59 Å². The predicted molar refractivity (Wildman–Crippen MR) is 134 cm³/mol. The van der Waals surface area contributed by atoms with E-state index in [-0.39, 0.29) is 18.9 Å². The van der Waals surface area contributed by atoms with Crippen molar-refractivity contribution in [1.82, 2.24) is 10.6 Å². The summed E-state index contributed by atoms with van der Waals surface area (Å²) in [6, 6.07) is 17.3. The van der Waals surface area contributed by atoms with Crippen LogP contribution in [-0.4, -0.2) is 35.7 Å². The van der Waals surface area contributed by atoms with E-state index in [4.69, 9.17) is 4.74 Å². The Morgan fingerprint density at radius 3 is 2.23 bits per heavy atom. The van der Waals surface area contributed by atoms with Crippen molar-refractivity contribution in [2.45, 2.75) is 30.8 Å². The predicted octanol–water partition coefficient (Wildman–Crippen LogP) is 4.86. The topological polar surface area (TPSA) is 105 Å². The largest absolute Gasteiger partial charge is 0.480 e. The molecule has 0 aliphatic heterocycles. The summed E-state index contributed by atoms with van der Waals surface area (Å²) in [6.07, 6.45) is 1.47. The number of carboxylic acid groups (broad SMARTS) is 1. The zero-order valence-electron chi connectivity index (χ0n) is 19.0. The molecule has 1 aliphatic carbocycles. The lowest BCUT2D eigenvalue weighted by atomic mass is 9.98. The Morgan fingerprint density at radius 1 is 1.00 bits per heavy atom. The first kappa shape index (κ1) is 24.2. The van der Waals surface area contributed by atoms with E-state index in [1.54, 1.807) is 23.6 Å². The SMILES string of the molecule is C=CCCC(NC(=O)C(NC(=O)OCC1c2ccccc2-c2ccccc21)c1cccs1)C(=O)O. The smallest absolute Gasteiger partial charge is 0.408 e. The fourth-order valence-corrected chi connectivity index (χ4v) is 5.05. The Bertz CT molecular complexity index is 1180. The van der Waals surface area contributed by atoms with Crippen molar-refractivity contribution in [3.63, 3.8) is 0 Å². The Labute approximate surface area is 207 Å². The molecular weight excluding hydrogens is 464 g/mol. The third-order valence-electron chi connectivity index (χ3n) is 5.97. The summed E-state index contributed by atoms with van der Waals surface area (Å²) >= 11 is 1.28. The summed E-state index contributed by atoms with van der Waals surface area (Å²) in [6.45, 7) is 3.70. The van der Waals surface area contributed by atoms with Gasteiger partial charge in [-0.2, -0.15) is 0 Å². The van der Waals surface area contributed by atoms with E-state index in [9.17, 15) is 19.5 Å². The van der Waals surface area contributed by atoms with Gasteiger partial charge < -0.3 is 20.5 Å². The molecule has 0 fully saturated rings. The zero-order valence-corrected chi connectivity index (χ0v) is 19.8. The minimum atomic E-state index is -1.15. The normalized spacial score (nSPS) is 13.7. The summed E-state index contributed by atoms with van der Waals surface area (Å²) in [5.41, 5.74) is 4.40. The Hall–Kier alpha value is -3.91. The van der Waals surface area contributed by atoms with E-state index >= 15 is 0 Å². The molecule has 4 rings (SSSR count). The Morgan fingerprint density at radius 2 is 1.66 bits per heavy atom. The highest BCUT2D eigenvalue weighted by Crippen LogP contribution is 2.44. The molecule has 2 amide bonds. The number of nitrogens with one attached hydrogen (secondary N) is 2. The maximum Gasteiger partial charge on any atom is 0.408 e. The summed E-state index contributed by atoms with van der Waals surface area (Å²) in [4.78, 5) is 37.9. The number of carboxylic acids is 1. The number of benzene rings is 2. The second-order valence-electron chi connectivity index (χ2n) is 8.18. The van der Waals surface area contributed by atoms with Crippen LogP contribution in [-0.2, 0) is 14.3 Å². The number of ether oxygens (including phenoxy) is 1. The number of carbonyl (C=O) groups excluding carboxylic acids is 2. The minimum absolute atomic E-state index is 0.107. The van der Waals surface area contributed by atoms with Crippen LogP contribution < -0.4 is 10.6 Å². The van der Waals surface area contributed by atoms with Crippen molar-refractivity contribution in [3.8, 4) is 11.1 Å². The average molecular weight is 491 g/mol. The van der Waals surface area contributed by atoms with Crippen LogP contribution in [0.3, 0.4) is 0 Å². The molecule has 3 N–H and O–H groups in total. The van der Waals surface area contributed by atoms with E-state index in [1.807, 2.05) is 36.4 Å². The zero-order chi connectivity index (χ0) is 24.8. The van der Waals surface area contributed by atoms with Gasteiger partial charge in [0.1, 0.15) is 18.7 Å². The number of aliphatic carboxylic acids is 1. The van der Waals surface area contributed by atoms with Crippen LogP contribution in [0.2, 0.25) is 0 Å². The fourth-order valence-electron chi connectivity index (χ4n) is 4.28. The molecule has 180 valence electrons. The van der Waals surface area contributed by atoms with Crippen LogP contribution in [0.4, 0.5) is 4.79 Å². The second-order valence-corrected chi connectivity index (χ2v) is 9.16. The lowest BCUT2D eigenvalue weighted by Gasteiger charge is -2.21. The van der Waals surface area contributed by atoms with Crippen molar-refractivity contribution in [2.24, 2.45) is 0 Å². The van der Waals surface area contributed by atoms with Gasteiger partial charge in [-0.05, 0) is 46.5 Å². The first-order valence-electron chi connectivity index (χ1n) is 11.3. The van der Waals surface area contributed by atoms with E-state index in [1.165, 1.54) is 11.3 Å². The number of allylic oxidation sites excluding steroid dienone is 1. The van der Waals surface area contributed by atoms with Crippen LogP contribution in [0.5, 0.6) is 0 Å². The summed E-state index contributed by atoms with van der Waals surface area (Å²) in [7, 11) is 0. The number of hydrogen-bond acceptors (Lipinski definition) is 5. The van der Waals surface area contributed by atoms with Crippen LogP contribution in [0.15, 0.2) is 78.7 Å². The van der Waals surface area contributed by atoms with Gasteiger partial charge >= 0.3 is 12.1 Å². The number of carbonyl (C=O) groups is 3. The van der Waals surface area contributed by atoms with Gasteiger partial charge in [0.05, 0.1) is 0 Å². The number of hydrogen-bond donors (Lipinski definition) is 3. The lowest BCUT2D eigenvalue weighted by molar-refractivity contribution is -0.142. The number of thiophene rings is 1. The quantitative estimate of drug-likeness (QED) is 0.352. The van der Waals surface area contributed by atoms with Gasteiger partial charge in [0.15, 0.2) is 0 Å². The number of rotatable bonds is 10. The van der Waals surface area contributed by atoms with Crippen LogP contribution in [0.1, 0.15) is 40.8 Å². The maximum atomic E-state index is 13.0. The second kappa shape index (κ2) is 11.0. The van der Waals surface area contributed by atoms with Crippen LogP contribution in [0, 0.1) is 0 Å². The standard InChI is InChI=1S/C27H26N2O5S/c1-2-3-13-22(26(31)32)28-25(30)24(23-14-8-15-35-23)29-27(33)34-16-21-19-11-6-4-9-17(19)18-10-5-7-12-20(18)21/h2,4-12,14-15,21-22,24H,1,3,13,16H2,(H,28,30)(H,29,33)(H,31,32). The van der Waals surface area contributed by atoms with Gasteiger partial charge in [-0.3, -0.25) is 4.79 Å². The number of fused-ring (bicyclic) bond motifs is 3. The Kier molecular flexibility index (Phi) is 7.62.